The zero-order valence-electron chi connectivity index (χ0n) is 7.84. The van der Waals surface area contributed by atoms with Crippen molar-refractivity contribution in [3.8, 4) is 0 Å². The molecule has 14 heavy (non-hydrogen) atoms. The number of carbonyl (C=O) groups is 1. The predicted octanol–water partition coefficient (Wildman–Crippen LogP) is -0.588. The van der Waals surface area contributed by atoms with Gasteiger partial charge in [0.05, 0.1) is 7.11 Å². The molecule has 76 valence electrons. The number of carbonyl (C=O) groups excluding carboxylic acids is 1. The molecule has 0 aliphatic rings. The van der Waals surface area contributed by atoms with Gasteiger partial charge in [-0.25, -0.2) is 9.59 Å². The maximum Gasteiger partial charge on any atom is 0.355 e. The van der Waals surface area contributed by atoms with E-state index in [-0.39, 0.29) is 11.3 Å². The lowest BCUT2D eigenvalue weighted by atomic mass is 10.2. The summed E-state index contributed by atoms with van der Waals surface area (Å²) >= 11 is 0. The van der Waals surface area contributed by atoms with Gasteiger partial charge in [0, 0.05) is 5.56 Å². The molecule has 0 aliphatic heterocycles. The highest BCUT2D eigenvalue weighted by molar-refractivity contribution is 5.88. The van der Waals surface area contributed by atoms with E-state index >= 15 is 0 Å². The molecule has 0 radical (unpaired) electrons. The van der Waals surface area contributed by atoms with Crippen molar-refractivity contribution in [2.24, 2.45) is 0 Å². The number of rotatable bonds is 2. The fraction of sp³-hybridized carbons (Fsp3) is 0.375. The maximum atomic E-state index is 11.2. The Kier molecular flexibility index (Phi) is 2.85. The molecule has 1 rings (SSSR count). The lowest BCUT2D eigenvalue weighted by Crippen LogP contribution is -2.30. The molecule has 0 amide bonds. The summed E-state index contributed by atoms with van der Waals surface area (Å²) in [5, 5.41) is 0. The van der Waals surface area contributed by atoms with Crippen molar-refractivity contribution in [1.29, 1.82) is 0 Å². The molecule has 1 heterocycles. The van der Waals surface area contributed by atoms with Crippen molar-refractivity contribution >= 4 is 5.97 Å². The average Bonchev–Trinajstić information content (AvgIpc) is 2.15. The third-order valence-electron chi connectivity index (χ3n) is 1.78. The first-order valence-corrected chi connectivity index (χ1v) is 4.04. The first kappa shape index (κ1) is 10.2. The Morgan fingerprint density at radius 1 is 1.36 bits per heavy atom. The molecular formula is C8H10N2O4. The van der Waals surface area contributed by atoms with Crippen molar-refractivity contribution in [1.82, 2.24) is 9.97 Å². The van der Waals surface area contributed by atoms with Gasteiger partial charge in [-0.1, -0.05) is 6.92 Å². The van der Waals surface area contributed by atoms with E-state index in [2.05, 4.69) is 9.72 Å². The third kappa shape index (κ3) is 1.73. The van der Waals surface area contributed by atoms with E-state index in [1.165, 1.54) is 7.11 Å². The van der Waals surface area contributed by atoms with Gasteiger partial charge in [-0.15, -0.1) is 0 Å². The highest BCUT2D eigenvalue weighted by atomic mass is 16.5. The number of nitrogens with one attached hydrogen (secondary N) is 2. The van der Waals surface area contributed by atoms with Gasteiger partial charge in [0.15, 0.2) is 0 Å². The summed E-state index contributed by atoms with van der Waals surface area (Å²) in [6.45, 7) is 1.70. The van der Waals surface area contributed by atoms with Gasteiger partial charge < -0.3 is 9.72 Å². The Bertz CT molecular complexity index is 457. The second-order valence-corrected chi connectivity index (χ2v) is 2.61. The molecule has 0 bridgehead atoms. The lowest BCUT2D eigenvalue weighted by molar-refractivity contribution is 0.0591. The Morgan fingerprint density at radius 3 is 2.50 bits per heavy atom. The van der Waals surface area contributed by atoms with Crippen molar-refractivity contribution < 1.29 is 9.53 Å². The Balaban J connectivity index is 3.47. The number of esters is 1. The van der Waals surface area contributed by atoms with E-state index in [1.54, 1.807) is 6.92 Å². The molecule has 0 saturated carbocycles. The minimum atomic E-state index is -0.718. The summed E-state index contributed by atoms with van der Waals surface area (Å²) in [7, 11) is 1.18. The summed E-state index contributed by atoms with van der Waals surface area (Å²) in [4.78, 5) is 37.5. The zero-order valence-corrected chi connectivity index (χ0v) is 7.84. The first-order valence-electron chi connectivity index (χ1n) is 4.04. The molecule has 0 spiro atoms. The topological polar surface area (TPSA) is 92.0 Å². The highest BCUT2D eigenvalue weighted by Crippen LogP contribution is 1.99. The SMILES string of the molecule is CCc1c(C(=O)OC)[nH]c(=O)[nH]c1=O. The quantitative estimate of drug-likeness (QED) is 0.621. The second-order valence-electron chi connectivity index (χ2n) is 2.61. The van der Waals surface area contributed by atoms with Crippen LogP contribution in [0, 0.1) is 0 Å². The zero-order chi connectivity index (χ0) is 10.7. The number of aromatic amines is 2. The molecule has 0 aromatic carbocycles. The number of H-pyrrole nitrogens is 2. The van der Waals surface area contributed by atoms with Crippen LogP contribution in [0.2, 0.25) is 0 Å². The van der Waals surface area contributed by atoms with Gasteiger partial charge in [-0.3, -0.25) is 9.78 Å². The molecule has 6 nitrogen and oxygen atoms in total. The van der Waals surface area contributed by atoms with Gasteiger partial charge in [0.2, 0.25) is 0 Å². The molecule has 6 heteroatoms. The maximum absolute atomic E-state index is 11.2. The van der Waals surface area contributed by atoms with Gasteiger partial charge in [0.1, 0.15) is 5.69 Å². The van der Waals surface area contributed by atoms with Crippen LogP contribution in [0.1, 0.15) is 23.0 Å². The fourth-order valence-electron chi connectivity index (χ4n) is 1.13. The van der Waals surface area contributed by atoms with E-state index in [1.807, 2.05) is 4.98 Å². The summed E-state index contributed by atoms with van der Waals surface area (Å²) in [6, 6.07) is 0. The molecule has 0 fully saturated rings. The highest BCUT2D eigenvalue weighted by Gasteiger charge is 2.14. The van der Waals surface area contributed by atoms with Gasteiger partial charge in [0.25, 0.3) is 5.56 Å². The average molecular weight is 198 g/mol. The van der Waals surface area contributed by atoms with Gasteiger partial charge in [-0.2, -0.15) is 0 Å². The summed E-state index contributed by atoms with van der Waals surface area (Å²) in [5.41, 5.74) is -1.13. The van der Waals surface area contributed by atoms with E-state index in [4.69, 9.17) is 0 Å². The number of methoxy groups -OCH3 is 1. The minimum absolute atomic E-state index is 0.0799. The Labute approximate surface area is 78.9 Å². The van der Waals surface area contributed by atoms with Crippen molar-refractivity contribution in [3.63, 3.8) is 0 Å². The van der Waals surface area contributed by atoms with Crippen LogP contribution in [-0.4, -0.2) is 23.0 Å². The fourth-order valence-corrected chi connectivity index (χ4v) is 1.13. The molecule has 0 saturated heterocycles. The van der Waals surface area contributed by atoms with Crippen LogP contribution in [0.3, 0.4) is 0 Å². The molecule has 2 N–H and O–H groups in total. The standard InChI is InChI=1S/C8H10N2O4/c1-3-4-5(7(12)14-2)9-8(13)10-6(4)11/h3H2,1-2H3,(H2,9,10,11,13). The minimum Gasteiger partial charge on any atom is -0.464 e. The lowest BCUT2D eigenvalue weighted by Gasteiger charge is -2.02. The molecule has 1 aromatic heterocycles. The second kappa shape index (κ2) is 3.91. The van der Waals surface area contributed by atoms with E-state index in [0.29, 0.717) is 6.42 Å². The van der Waals surface area contributed by atoms with Crippen LogP contribution in [-0.2, 0) is 11.2 Å². The predicted molar refractivity (Wildman–Crippen MR) is 48.4 cm³/mol. The van der Waals surface area contributed by atoms with E-state index in [9.17, 15) is 14.4 Å². The van der Waals surface area contributed by atoms with Crippen LogP contribution in [0.25, 0.3) is 0 Å². The molecule has 0 unspecified atom stereocenters. The van der Waals surface area contributed by atoms with Crippen LogP contribution in [0.5, 0.6) is 0 Å². The van der Waals surface area contributed by atoms with Crippen LogP contribution in [0.4, 0.5) is 0 Å². The summed E-state index contributed by atoms with van der Waals surface area (Å²) < 4.78 is 4.43. The van der Waals surface area contributed by atoms with Crippen LogP contribution in [0.15, 0.2) is 9.59 Å². The number of hydrogen-bond donors (Lipinski definition) is 2. The molecule has 0 aliphatic carbocycles. The van der Waals surface area contributed by atoms with E-state index < -0.39 is 17.2 Å². The van der Waals surface area contributed by atoms with Crippen molar-refractivity contribution in [2.45, 2.75) is 13.3 Å². The van der Waals surface area contributed by atoms with Gasteiger partial charge in [-0.05, 0) is 6.42 Å². The molecule has 1 aromatic rings. The molecule has 0 atom stereocenters. The third-order valence-corrected chi connectivity index (χ3v) is 1.78. The summed E-state index contributed by atoms with van der Waals surface area (Å²) in [6.07, 6.45) is 0.344. The van der Waals surface area contributed by atoms with Crippen molar-refractivity contribution in [3.05, 3.63) is 32.1 Å². The monoisotopic (exact) mass is 198 g/mol. The number of aromatic nitrogens is 2. The normalized spacial score (nSPS) is 9.86. The number of hydrogen-bond acceptors (Lipinski definition) is 4. The Hall–Kier alpha value is -1.85. The smallest absolute Gasteiger partial charge is 0.355 e. The van der Waals surface area contributed by atoms with Crippen LogP contribution >= 0.6 is 0 Å². The molecular weight excluding hydrogens is 188 g/mol. The van der Waals surface area contributed by atoms with E-state index in [0.717, 1.165) is 0 Å². The largest absolute Gasteiger partial charge is 0.464 e. The first-order chi connectivity index (χ1) is 6.60. The van der Waals surface area contributed by atoms with Crippen molar-refractivity contribution in [2.75, 3.05) is 7.11 Å². The van der Waals surface area contributed by atoms with Crippen LogP contribution < -0.4 is 11.2 Å². The Morgan fingerprint density at radius 2 is 2.00 bits per heavy atom. The van der Waals surface area contributed by atoms with Gasteiger partial charge >= 0.3 is 11.7 Å². The number of ether oxygens (including phenoxy) is 1. The summed E-state index contributed by atoms with van der Waals surface area (Å²) in [5.74, 6) is -0.718.